The van der Waals surface area contributed by atoms with E-state index >= 15 is 0 Å². The lowest BCUT2D eigenvalue weighted by Gasteiger charge is -2.10. The Morgan fingerprint density at radius 3 is 2.47 bits per heavy atom. The number of halogens is 1. The molecule has 0 aromatic heterocycles. The van der Waals surface area contributed by atoms with Crippen LogP contribution in [0, 0.1) is 0 Å². The SMILES string of the molecule is CC(CNS(=O)(=O)CCCCCl)S(C)=O. The normalized spacial score (nSPS) is 16.2. The fraction of sp³-hybridized carbons (Fsp3) is 1.00. The van der Waals surface area contributed by atoms with E-state index in [2.05, 4.69) is 4.72 Å². The smallest absolute Gasteiger partial charge is 0.211 e. The summed E-state index contributed by atoms with van der Waals surface area (Å²) in [7, 11) is -4.23. The first kappa shape index (κ1) is 15.3. The number of nitrogens with one attached hydrogen (secondary N) is 1. The molecule has 2 atom stereocenters. The standard InChI is InChI=1S/C8H18ClNO3S2/c1-8(14(2)11)7-10-15(12,13)6-4-3-5-9/h8,10H,3-7H2,1-2H3. The molecule has 0 rings (SSSR count). The van der Waals surface area contributed by atoms with Gasteiger partial charge in [0.1, 0.15) is 0 Å². The highest BCUT2D eigenvalue weighted by Crippen LogP contribution is 1.98. The van der Waals surface area contributed by atoms with Gasteiger partial charge in [-0.1, -0.05) is 0 Å². The molecule has 0 saturated heterocycles. The number of hydrogen-bond donors (Lipinski definition) is 1. The van der Waals surface area contributed by atoms with Crippen molar-refractivity contribution in [1.82, 2.24) is 4.72 Å². The van der Waals surface area contributed by atoms with Gasteiger partial charge in [-0.25, -0.2) is 13.1 Å². The van der Waals surface area contributed by atoms with E-state index in [0.717, 1.165) is 0 Å². The number of unbranched alkanes of at least 4 members (excludes halogenated alkanes) is 1. The van der Waals surface area contributed by atoms with Crippen molar-refractivity contribution in [3.8, 4) is 0 Å². The molecule has 0 aliphatic heterocycles. The summed E-state index contributed by atoms with van der Waals surface area (Å²) < 4.78 is 36.2. The van der Waals surface area contributed by atoms with E-state index in [0.29, 0.717) is 18.7 Å². The van der Waals surface area contributed by atoms with E-state index in [9.17, 15) is 12.6 Å². The minimum absolute atomic E-state index is 0.0861. The van der Waals surface area contributed by atoms with Crippen LogP contribution in [-0.2, 0) is 20.8 Å². The Balaban J connectivity index is 3.89. The minimum atomic E-state index is -3.23. The van der Waals surface area contributed by atoms with Crippen LogP contribution < -0.4 is 4.72 Å². The van der Waals surface area contributed by atoms with Crippen LogP contribution in [0.2, 0.25) is 0 Å². The summed E-state index contributed by atoms with van der Waals surface area (Å²) in [5.74, 6) is 0.563. The van der Waals surface area contributed by atoms with Crippen LogP contribution in [0.3, 0.4) is 0 Å². The largest absolute Gasteiger partial charge is 0.260 e. The molecule has 0 heterocycles. The van der Waals surface area contributed by atoms with Crippen LogP contribution in [0.15, 0.2) is 0 Å². The first-order valence-corrected chi connectivity index (χ1v) is 8.55. The molecule has 0 radical (unpaired) electrons. The summed E-state index contributed by atoms with van der Waals surface area (Å²) in [6.45, 7) is 1.98. The summed E-state index contributed by atoms with van der Waals surface area (Å²) in [5, 5.41) is -0.159. The highest BCUT2D eigenvalue weighted by atomic mass is 35.5. The molecule has 15 heavy (non-hydrogen) atoms. The van der Waals surface area contributed by atoms with Gasteiger partial charge in [-0.3, -0.25) is 4.21 Å². The van der Waals surface area contributed by atoms with Crippen LogP contribution in [0.25, 0.3) is 0 Å². The predicted octanol–water partition coefficient (Wildman–Crippen LogP) is 0.692. The molecule has 1 N–H and O–H groups in total. The number of alkyl halides is 1. The average Bonchev–Trinajstić information content (AvgIpc) is 2.14. The third-order valence-corrected chi connectivity index (χ3v) is 4.95. The Kier molecular flexibility index (Phi) is 7.77. The Bertz CT molecular complexity index is 292. The number of hydrogen-bond acceptors (Lipinski definition) is 3. The fourth-order valence-electron chi connectivity index (χ4n) is 0.820. The van der Waals surface area contributed by atoms with Gasteiger partial charge in [-0.15, -0.1) is 11.6 Å². The van der Waals surface area contributed by atoms with E-state index in [1.54, 1.807) is 13.2 Å². The maximum absolute atomic E-state index is 11.4. The van der Waals surface area contributed by atoms with Crippen LogP contribution in [0.5, 0.6) is 0 Å². The van der Waals surface area contributed by atoms with Gasteiger partial charge in [0.05, 0.1) is 5.75 Å². The van der Waals surface area contributed by atoms with Crippen molar-refractivity contribution < 1.29 is 12.6 Å². The van der Waals surface area contributed by atoms with Crippen LogP contribution in [0.1, 0.15) is 19.8 Å². The molecule has 0 fully saturated rings. The van der Waals surface area contributed by atoms with Gasteiger partial charge in [0.25, 0.3) is 0 Å². The van der Waals surface area contributed by atoms with Gasteiger partial charge in [-0.05, 0) is 19.8 Å². The maximum atomic E-state index is 11.4. The summed E-state index contributed by atoms with van der Waals surface area (Å²) in [5.41, 5.74) is 0. The molecule has 7 heteroatoms. The second-order valence-corrected chi connectivity index (χ2v) is 7.48. The molecule has 0 aromatic carbocycles. The molecular weight excluding hydrogens is 258 g/mol. The molecule has 4 nitrogen and oxygen atoms in total. The van der Waals surface area contributed by atoms with E-state index in [-0.39, 0.29) is 17.5 Å². The van der Waals surface area contributed by atoms with Crippen molar-refractivity contribution in [1.29, 1.82) is 0 Å². The van der Waals surface area contributed by atoms with Gasteiger partial charge in [-0.2, -0.15) is 0 Å². The van der Waals surface area contributed by atoms with Gasteiger partial charge < -0.3 is 0 Å². The Hall–Kier alpha value is 0.350. The second-order valence-electron chi connectivity index (χ2n) is 3.37. The summed E-state index contributed by atoms with van der Waals surface area (Å²) >= 11 is 5.44. The lowest BCUT2D eigenvalue weighted by atomic mass is 10.4. The van der Waals surface area contributed by atoms with Gasteiger partial charge in [0, 0.05) is 34.7 Å². The number of sulfonamides is 1. The van der Waals surface area contributed by atoms with Gasteiger partial charge >= 0.3 is 0 Å². The third kappa shape index (κ3) is 8.19. The van der Waals surface area contributed by atoms with Crippen molar-refractivity contribution in [2.45, 2.75) is 25.0 Å². The monoisotopic (exact) mass is 275 g/mol. The maximum Gasteiger partial charge on any atom is 0.211 e. The van der Waals surface area contributed by atoms with E-state index in [1.165, 1.54) is 0 Å². The van der Waals surface area contributed by atoms with Crippen molar-refractivity contribution in [2.75, 3.05) is 24.4 Å². The zero-order valence-electron chi connectivity index (χ0n) is 9.03. The van der Waals surface area contributed by atoms with Crippen LogP contribution in [0.4, 0.5) is 0 Å². The zero-order valence-corrected chi connectivity index (χ0v) is 11.4. The fourth-order valence-corrected chi connectivity index (χ4v) is 2.67. The van der Waals surface area contributed by atoms with E-state index in [1.807, 2.05) is 0 Å². The van der Waals surface area contributed by atoms with E-state index in [4.69, 9.17) is 11.6 Å². The molecule has 0 bridgehead atoms. The quantitative estimate of drug-likeness (QED) is 0.524. The zero-order chi connectivity index (χ0) is 11.9. The van der Waals surface area contributed by atoms with Crippen LogP contribution in [-0.4, -0.2) is 42.3 Å². The van der Waals surface area contributed by atoms with Gasteiger partial charge in [0.2, 0.25) is 10.0 Å². The Morgan fingerprint density at radius 1 is 1.40 bits per heavy atom. The Labute approximate surface area is 99.3 Å². The number of rotatable bonds is 8. The van der Waals surface area contributed by atoms with Crippen molar-refractivity contribution in [2.24, 2.45) is 0 Å². The average molecular weight is 276 g/mol. The summed E-state index contributed by atoms with van der Waals surface area (Å²) in [6.07, 6.45) is 2.81. The lowest BCUT2D eigenvalue weighted by Crippen LogP contribution is -2.34. The molecular formula is C8H18ClNO3S2. The summed E-state index contributed by atoms with van der Waals surface area (Å²) in [4.78, 5) is 0. The molecule has 0 aliphatic rings. The third-order valence-electron chi connectivity index (χ3n) is 1.95. The minimum Gasteiger partial charge on any atom is -0.260 e. The van der Waals surface area contributed by atoms with Crippen molar-refractivity contribution in [3.05, 3.63) is 0 Å². The molecule has 2 unspecified atom stereocenters. The first-order valence-electron chi connectivity index (χ1n) is 4.74. The molecule has 0 saturated carbocycles. The molecule has 0 aromatic rings. The van der Waals surface area contributed by atoms with E-state index < -0.39 is 20.8 Å². The summed E-state index contributed by atoms with van der Waals surface area (Å²) in [6, 6.07) is 0. The molecule has 92 valence electrons. The van der Waals surface area contributed by atoms with Gasteiger partial charge in [0.15, 0.2) is 0 Å². The van der Waals surface area contributed by atoms with Crippen LogP contribution >= 0.6 is 11.6 Å². The topological polar surface area (TPSA) is 63.2 Å². The highest BCUT2D eigenvalue weighted by molar-refractivity contribution is 7.89. The molecule has 0 aliphatic carbocycles. The highest BCUT2D eigenvalue weighted by Gasteiger charge is 2.13. The van der Waals surface area contributed by atoms with Crippen molar-refractivity contribution >= 4 is 32.4 Å². The molecule has 0 amide bonds. The lowest BCUT2D eigenvalue weighted by molar-refractivity contribution is 0.577. The first-order chi connectivity index (χ1) is 6.89. The second kappa shape index (κ2) is 7.60. The molecule has 0 spiro atoms. The van der Waals surface area contributed by atoms with Crippen molar-refractivity contribution in [3.63, 3.8) is 0 Å². The Morgan fingerprint density at radius 2 is 2.00 bits per heavy atom. The predicted molar refractivity (Wildman–Crippen MR) is 65.3 cm³/mol.